The summed E-state index contributed by atoms with van der Waals surface area (Å²) in [5.74, 6) is -0.254. The van der Waals surface area contributed by atoms with Gasteiger partial charge in [0.25, 0.3) is 0 Å². The number of rotatable bonds is 5. The zero-order valence-corrected chi connectivity index (χ0v) is 20.4. The van der Waals surface area contributed by atoms with Gasteiger partial charge in [-0.1, -0.05) is 11.3 Å². The first-order valence-corrected chi connectivity index (χ1v) is 12.2. The van der Waals surface area contributed by atoms with E-state index >= 15 is 0 Å². The highest BCUT2D eigenvalue weighted by Crippen LogP contribution is 2.30. The molecular formula is C25H29N5O3S. The van der Waals surface area contributed by atoms with Crippen molar-refractivity contribution in [1.29, 1.82) is 0 Å². The van der Waals surface area contributed by atoms with Gasteiger partial charge in [0.15, 0.2) is 0 Å². The lowest BCUT2D eigenvalue weighted by Gasteiger charge is -2.22. The molecule has 0 atom stereocenters. The van der Waals surface area contributed by atoms with Crippen LogP contribution in [0.3, 0.4) is 0 Å². The van der Waals surface area contributed by atoms with E-state index in [9.17, 15) is 14.7 Å². The van der Waals surface area contributed by atoms with E-state index in [0.717, 1.165) is 46.7 Å². The summed E-state index contributed by atoms with van der Waals surface area (Å²) >= 11 is 1.54. The molecule has 1 saturated carbocycles. The molecule has 9 heteroatoms. The highest BCUT2D eigenvalue weighted by molar-refractivity contribution is 7.12. The Balaban J connectivity index is 1.55. The van der Waals surface area contributed by atoms with Crippen LogP contribution in [-0.2, 0) is 16.6 Å². The van der Waals surface area contributed by atoms with Crippen LogP contribution in [0.5, 0.6) is 0 Å². The standard InChI is InChI=1S/C25H29N5O3S/c1-16(31)26-19-6-12-22(13-7-19)30(17(2)32)21-10-4-18(5-11-21)24-28-29(3)25(34-24)27-20-8-14-23(33)15-9-20/h4-7,10-13,20,23,33H,8-9,14-15H2,1-3H3,(H,26,31). The minimum atomic E-state index is -0.194. The van der Waals surface area contributed by atoms with E-state index in [1.165, 1.54) is 25.2 Å². The van der Waals surface area contributed by atoms with Gasteiger partial charge in [-0.05, 0) is 74.2 Å². The molecule has 1 fully saturated rings. The van der Waals surface area contributed by atoms with Crippen LogP contribution in [0.4, 0.5) is 17.1 Å². The van der Waals surface area contributed by atoms with Crippen LogP contribution in [-0.4, -0.2) is 38.8 Å². The normalized spacial score (nSPS) is 18.5. The fourth-order valence-electron chi connectivity index (χ4n) is 4.08. The molecule has 2 amide bonds. The Morgan fingerprint density at radius 2 is 1.62 bits per heavy atom. The Kier molecular flexibility index (Phi) is 7.23. The maximum Gasteiger partial charge on any atom is 0.228 e. The molecule has 34 heavy (non-hydrogen) atoms. The van der Waals surface area contributed by atoms with Gasteiger partial charge in [0.05, 0.1) is 12.1 Å². The Bertz CT molecular complexity index is 1220. The first-order chi connectivity index (χ1) is 16.3. The van der Waals surface area contributed by atoms with Gasteiger partial charge in [-0.15, -0.1) is 0 Å². The number of nitrogens with zero attached hydrogens (tertiary/aromatic N) is 4. The van der Waals surface area contributed by atoms with Crippen LogP contribution < -0.4 is 15.0 Å². The van der Waals surface area contributed by atoms with Gasteiger partial charge in [-0.2, -0.15) is 5.10 Å². The summed E-state index contributed by atoms with van der Waals surface area (Å²) in [5, 5.41) is 17.9. The van der Waals surface area contributed by atoms with Crippen molar-refractivity contribution < 1.29 is 14.7 Å². The van der Waals surface area contributed by atoms with Crippen molar-refractivity contribution in [2.75, 3.05) is 10.2 Å². The van der Waals surface area contributed by atoms with E-state index in [1.807, 2.05) is 31.3 Å². The van der Waals surface area contributed by atoms with E-state index in [4.69, 9.17) is 4.99 Å². The number of carbonyl (C=O) groups excluding carboxylic acids is 2. The molecule has 1 aliphatic rings. The number of anilines is 3. The Labute approximate surface area is 202 Å². The Morgan fingerprint density at radius 3 is 2.18 bits per heavy atom. The number of hydrogen-bond acceptors (Lipinski definition) is 6. The summed E-state index contributed by atoms with van der Waals surface area (Å²) in [5.41, 5.74) is 3.09. The molecule has 0 saturated heterocycles. The van der Waals surface area contributed by atoms with Crippen LogP contribution in [0.2, 0.25) is 0 Å². The van der Waals surface area contributed by atoms with E-state index in [-0.39, 0.29) is 24.0 Å². The largest absolute Gasteiger partial charge is 0.393 e. The Hall–Kier alpha value is -3.30. The second kappa shape index (κ2) is 10.3. The number of aryl methyl sites for hydroxylation is 1. The second-order valence-electron chi connectivity index (χ2n) is 8.53. The lowest BCUT2D eigenvalue weighted by atomic mass is 9.94. The molecule has 2 N–H and O–H groups in total. The third kappa shape index (κ3) is 5.60. The van der Waals surface area contributed by atoms with Crippen molar-refractivity contribution in [3.05, 3.63) is 53.3 Å². The quantitative estimate of drug-likeness (QED) is 0.578. The molecule has 0 bridgehead atoms. The average Bonchev–Trinajstić information content (AvgIpc) is 3.16. The van der Waals surface area contributed by atoms with Crippen molar-refractivity contribution in [3.8, 4) is 10.6 Å². The molecule has 8 nitrogen and oxygen atoms in total. The monoisotopic (exact) mass is 479 g/mol. The topological polar surface area (TPSA) is 99.8 Å². The van der Waals surface area contributed by atoms with Crippen LogP contribution in [0.1, 0.15) is 39.5 Å². The fraction of sp³-hybridized carbons (Fsp3) is 0.360. The maximum atomic E-state index is 12.4. The molecule has 0 aliphatic heterocycles. The molecule has 1 heterocycles. The molecule has 0 unspecified atom stereocenters. The summed E-state index contributed by atoms with van der Waals surface area (Å²) in [6.45, 7) is 2.98. The fourth-order valence-corrected chi connectivity index (χ4v) is 5.05. The summed E-state index contributed by atoms with van der Waals surface area (Å²) in [6, 6.07) is 15.1. The third-order valence-electron chi connectivity index (χ3n) is 5.80. The van der Waals surface area contributed by atoms with Crippen molar-refractivity contribution in [3.63, 3.8) is 0 Å². The lowest BCUT2D eigenvalue weighted by molar-refractivity contribution is -0.116. The predicted molar refractivity (Wildman–Crippen MR) is 134 cm³/mol. The van der Waals surface area contributed by atoms with E-state index in [0.29, 0.717) is 11.4 Å². The van der Waals surface area contributed by atoms with Gasteiger partial charge in [0.1, 0.15) is 5.01 Å². The van der Waals surface area contributed by atoms with Crippen molar-refractivity contribution in [2.24, 2.45) is 12.0 Å². The molecule has 1 aliphatic carbocycles. The molecule has 1 aromatic heterocycles. The molecule has 0 spiro atoms. The van der Waals surface area contributed by atoms with E-state index < -0.39 is 0 Å². The number of amides is 2. The number of aromatic nitrogens is 2. The van der Waals surface area contributed by atoms with Crippen LogP contribution in [0.25, 0.3) is 10.6 Å². The second-order valence-corrected chi connectivity index (χ2v) is 9.49. The number of aliphatic hydroxyl groups is 1. The highest BCUT2D eigenvalue weighted by atomic mass is 32.1. The first-order valence-electron chi connectivity index (χ1n) is 11.3. The smallest absolute Gasteiger partial charge is 0.228 e. The summed E-state index contributed by atoms with van der Waals surface area (Å²) in [6.07, 6.45) is 3.20. The van der Waals surface area contributed by atoms with Crippen LogP contribution >= 0.6 is 11.3 Å². The number of carbonyl (C=O) groups is 2. The molecule has 0 radical (unpaired) electrons. The number of hydrogen-bond donors (Lipinski definition) is 2. The predicted octanol–water partition coefficient (Wildman–Crippen LogP) is 4.00. The van der Waals surface area contributed by atoms with Crippen LogP contribution in [0, 0.1) is 0 Å². The number of benzene rings is 2. The number of nitrogens with one attached hydrogen (secondary N) is 1. The van der Waals surface area contributed by atoms with Crippen molar-refractivity contribution >= 4 is 40.2 Å². The molecular weight excluding hydrogens is 450 g/mol. The van der Waals surface area contributed by atoms with Gasteiger partial charge in [-0.3, -0.25) is 19.5 Å². The average molecular weight is 480 g/mol. The SMILES string of the molecule is CC(=O)Nc1ccc(N(C(C)=O)c2ccc(-c3nn(C)c(=NC4CCC(O)CC4)s3)cc2)cc1. The molecule has 178 valence electrons. The zero-order valence-electron chi connectivity index (χ0n) is 19.6. The minimum absolute atomic E-state index is 0.112. The Morgan fingerprint density at radius 1 is 1.03 bits per heavy atom. The minimum Gasteiger partial charge on any atom is -0.393 e. The molecule has 4 rings (SSSR count). The molecule has 2 aromatic carbocycles. The van der Waals surface area contributed by atoms with E-state index in [2.05, 4.69) is 10.4 Å². The van der Waals surface area contributed by atoms with Gasteiger partial charge >= 0.3 is 0 Å². The van der Waals surface area contributed by atoms with Crippen molar-refractivity contribution in [1.82, 2.24) is 9.78 Å². The first kappa shape index (κ1) is 23.8. The van der Waals surface area contributed by atoms with E-state index in [1.54, 1.807) is 33.8 Å². The van der Waals surface area contributed by atoms with Crippen LogP contribution in [0.15, 0.2) is 53.5 Å². The summed E-state index contributed by atoms with van der Waals surface area (Å²) in [4.78, 5) is 31.0. The summed E-state index contributed by atoms with van der Waals surface area (Å²) in [7, 11) is 1.90. The van der Waals surface area contributed by atoms with Gasteiger partial charge in [0, 0.05) is 43.5 Å². The number of aliphatic hydroxyl groups excluding tert-OH is 1. The van der Waals surface area contributed by atoms with Gasteiger partial charge in [0.2, 0.25) is 16.6 Å². The third-order valence-corrected chi connectivity index (χ3v) is 6.86. The highest BCUT2D eigenvalue weighted by Gasteiger charge is 2.19. The lowest BCUT2D eigenvalue weighted by Crippen LogP contribution is -2.24. The zero-order chi connectivity index (χ0) is 24.2. The van der Waals surface area contributed by atoms with Gasteiger partial charge < -0.3 is 10.4 Å². The summed E-state index contributed by atoms with van der Waals surface area (Å²) < 4.78 is 1.80. The maximum absolute atomic E-state index is 12.4. The van der Waals surface area contributed by atoms with Gasteiger partial charge in [-0.25, -0.2) is 4.68 Å². The van der Waals surface area contributed by atoms with Crippen molar-refractivity contribution in [2.45, 2.75) is 51.7 Å². The molecule has 3 aromatic rings.